The highest BCUT2D eigenvalue weighted by atomic mass is 32.7. The lowest BCUT2D eigenvalue weighted by Gasteiger charge is -2.27. The topological polar surface area (TPSA) is 281 Å². The van der Waals surface area contributed by atoms with E-state index in [-0.39, 0.29) is 39.8 Å². The number of benzene rings is 2. The fraction of sp³-hybridized carbons (Fsp3) is 0.333. The molecular formula is C33H31F2N7O14P2S. The fourth-order valence-electron chi connectivity index (χ4n) is 6.36. The first kappa shape index (κ1) is 40.9. The third kappa shape index (κ3) is 8.59. The Balaban J connectivity index is 1.08. The average molecular weight is 882 g/mol. The van der Waals surface area contributed by atoms with E-state index in [1.807, 2.05) is 4.98 Å². The van der Waals surface area contributed by atoms with E-state index in [1.54, 1.807) is 0 Å². The number of phenolic OH excluding ortho intramolecular Hbond substituents is 1. The van der Waals surface area contributed by atoms with Gasteiger partial charge in [-0.15, -0.1) is 0 Å². The molecule has 2 unspecified atom stereocenters. The van der Waals surface area contributed by atoms with Crippen molar-refractivity contribution in [1.82, 2.24) is 29.1 Å². The summed E-state index contributed by atoms with van der Waals surface area (Å²) in [5.74, 6) is -0.746. The largest absolute Gasteiger partial charge is 0.508 e. The molecule has 3 aromatic heterocycles. The van der Waals surface area contributed by atoms with Gasteiger partial charge in [0.1, 0.15) is 47.8 Å². The number of nitrogen functional groups attached to an aromatic ring is 1. The molecule has 3 aliphatic rings. The van der Waals surface area contributed by atoms with E-state index in [9.17, 15) is 33.5 Å². The number of imidazole rings is 1. The van der Waals surface area contributed by atoms with Gasteiger partial charge in [-0.2, -0.15) is 0 Å². The van der Waals surface area contributed by atoms with Gasteiger partial charge in [0, 0.05) is 18.0 Å². The zero-order valence-electron chi connectivity index (χ0n) is 29.8. The smallest absolute Gasteiger partial charge is 0.472 e. The molecule has 0 aliphatic carbocycles. The van der Waals surface area contributed by atoms with Gasteiger partial charge in [0.05, 0.1) is 25.1 Å². The van der Waals surface area contributed by atoms with Crippen LogP contribution in [0.1, 0.15) is 28.4 Å². The number of nitrogens with one attached hydrogen (secondary N) is 1. The molecular weight excluding hydrogens is 850 g/mol. The van der Waals surface area contributed by atoms with Gasteiger partial charge >= 0.3 is 26.3 Å². The van der Waals surface area contributed by atoms with Gasteiger partial charge in [-0.25, -0.2) is 42.5 Å². The van der Waals surface area contributed by atoms with Crippen molar-refractivity contribution in [3.05, 3.63) is 105 Å². The Hall–Kier alpha value is -4.87. The number of hydrogen-bond acceptors (Lipinski definition) is 18. The summed E-state index contributed by atoms with van der Waals surface area (Å²) in [6.07, 6.45) is -11.9. The van der Waals surface area contributed by atoms with Gasteiger partial charge in [-0.05, 0) is 53.3 Å². The summed E-state index contributed by atoms with van der Waals surface area (Å²) in [6, 6.07) is 12.3. The second kappa shape index (κ2) is 16.3. The molecule has 3 aliphatic heterocycles. The minimum atomic E-state index is -5.31. The van der Waals surface area contributed by atoms with Crippen LogP contribution >= 0.6 is 26.0 Å². The number of fused-ring (bicyclic) bond motifs is 4. The minimum absolute atomic E-state index is 0.0223. The van der Waals surface area contributed by atoms with Gasteiger partial charge in [0.25, 0.3) is 5.56 Å². The molecule has 2 bridgehead atoms. The third-order valence-electron chi connectivity index (χ3n) is 9.25. The summed E-state index contributed by atoms with van der Waals surface area (Å²) in [5.41, 5.74) is 4.85. The molecule has 2 aromatic carbocycles. The van der Waals surface area contributed by atoms with Crippen LogP contribution in [0.15, 0.2) is 83.0 Å². The van der Waals surface area contributed by atoms with Gasteiger partial charge in [-0.3, -0.25) is 37.0 Å². The van der Waals surface area contributed by atoms with E-state index in [2.05, 4.69) is 15.0 Å². The monoisotopic (exact) mass is 881 g/mol. The van der Waals surface area contributed by atoms with Gasteiger partial charge in [0.15, 0.2) is 36.3 Å². The highest BCUT2D eigenvalue weighted by Crippen LogP contribution is 2.65. The number of H-pyrrole nitrogens is 1. The molecule has 3 fully saturated rings. The molecule has 8 rings (SSSR count). The number of carbonyl (C=O) groups is 1. The number of ether oxygens (including phenoxy) is 3. The predicted molar refractivity (Wildman–Crippen MR) is 199 cm³/mol. The van der Waals surface area contributed by atoms with E-state index in [1.165, 1.54) is 48.5 Å². The number of phosphoric acid groups is 1. The maximum atomic E-state index is 16.7. The molecule has 6 heterocycles. The summed E-state index contributed by atoms with van der Waals surface area (Å²) >= 11 is 0.561. The fourth-order valence-corrected chi connectivity index (χ4v) is 10.7. The lowest BCUT2D eigenvalue weighted by atomic mass is 10.1. The molecule has 5 N–H and O–H groups in total. The quantitative estimate of drug-likeness (QED) is 0.104. The minimum Gasteiger partial charge on any atom is -0.508 e. The molecule has 3 saturated heterocycles. The van der Waals surface area contributed by atoms with Crippen molar-refractivity contribution in [2.45, 2.75) is 55.0 Å². The standard InChI is InChI=1S/C33H31F2N7O14P2S/c34-23-20-11-51-58(49,59-13-16-1-7-19(8-2-16)52-32(45)17-3-5-18(43)6-4-17)56-26-21(54-30(24(26)35)42-15-39-25-28(36)37-14-38-29(25)42)12-50-57(47,48)55-27(23)31(53-20)41-10-9-22(44)40-33(41)46/h1-10,14-15,20-21,23-24,26-27,30-31,43H,11-13H2,(H,47,48)(H2,36,37,38)(H,40,44,46)/t20-,21-,23-,24-,26-,27-,30-,31-,58?/m1/s1. The summed E-state index contributed by atoms with van der Waals surface area (Å²) in [6.45, 7) is -6.50. The van der Waals surface area contributed by atoms with Crippen molar-refractivity contribution in [2.75, 3.05) is 18.9 Å². The molecule has 10 atom stereocenters. The Morgan fingerprint density at radius 2 is 1.64 bits per heavy atom. The third-order valence-corrected chi connectivity index (χ3v) is 13.9. The zero-order chi connectivity index (χ0) is 41.6. The molecule has 5 aromatic rings. The van der Waals surface area contributed by atoms with E-state index in [0.717, 1.165) is 29.5 Å². The van der Waals surface area contributed by atoms with Crippen LogP contribution in [0.4, 0.5) is 14.6 Å². The Morgan fingerprint density at radius 1 is 0.915 bits per heavy atom. The number of nitrogens with zero attached hydrogens (tertiary/aromatic N) is 5. The zero-order valence-corrected chi connectivity index (χ0v) is 32.4. The normalized spacial score (nSPS) is 31.2. The van der Waals surface area contributed by atoms with E-state index < -0.39 is 94.3 Å². The molecule has 0 radical (unpaired) electrons. The van der Waals surface area contributed by atoms with Crippen LogP contribution in [0, 0.1) is 0 Å². The second-order valence-corrected chi connectivity index (χ2v) is 18.6. The van der Waals surface area contributed by atoms with Crippen molar-refractivity contribution >= 4 is 49.0 Å². The van der Waals surface area contributed by atoms with Crippen LogP contribution in [-0.4, -0.2) is 95.0 Å². The van der Waals surface area contributed by atoms with Crippen molar-refractivity contribution in [3.63, 3.8) is 0 Å². The Kier molecular flexibility index (Phi) is 11.3. The van der Waals surface area contributed by atoms with Gasteiger partial charge < -0.3 is 29.9 Å². The first-order valence-electron chi connectivity index (χ1n) is 17.3. The molecule has 0 spiro atoms. The number of hydrogen-bond donors (Lipinski definition) is 4. The van der Waals surface area contributed by atoms with Crippen LogP contribution < -0.4 is 21.7 Å². The molecule has 59 heavy (non-hydrogen) atoms. The summed E-state index contributed by atoms with van der Waals surface area (Å²) in [7, 11) is -5.31. The molecule has 26 heteroatoms. The lowest BCUT2D eigenvalue weighted by Crippen LogP contribution is -2.37. The van der Waals surface area contributed by atoms with Crippen molar-refractivity contribution < 1.29 is 65.0 Å². The molecule has 0 amide bonds. The van der Waals surface area contributed by atoms with E-state index >= 15 is 8.78 Å². The first-order valence-corrected chi connectivity index (χ1v) is 22.0. The number of aromatic nitrogens is 6. The number of phenols is 1. The number of rotatable bonds is 7. The Bertz CT molecular complexity index is 2590. The summed E-state index contributed by atoms with van der Waals surface area (Å²) < 4.78 is 102. The first-order chi connectivity index (χ1) is 28.2. The summed E-state index contributed by atoms with van der Waals surface area (Å²) in [4.78, 5) is 61.8. The number of esters is 1. The maximum absolute atomic E-state index is 16.7. The maximum Gasteiger partial charge on any atom is 0.472 e. The van der Waals surface area contributed by atoms with Crippen molar-refractivity contribution in [1.29, 1.82) is 0 Å². The molecule has 21 nitrogen and oxygen atoms in total. The Morgan fingerprint density at radius 3 is 2.39 bits per heavy atom. The number of carbonyl (C=O) groups excluding carboxylic acids is 1. The van der Waals surface area contributed by atoms with Crippen LogP contribution in [0.3, 0.4) is 0 Å². The van der Waals surface area contributed by atoms with Crippen molar-refractivity contribution in [2.24, 2.45) is 0 Å². The highest BCUT2D eigenvalue weighted by molar-refractivity contribution is 8.54. The van der Waals surface area contributed by atoms with Gasteiger partial charge in [0.2, 0.25) is 0 Å². The predicted octanol–water partition coefficient (Wildman–Crippen LogP) is 3.31. The second-order valence-electron chi connectivity index (χ2n) is 13.1. The summed E-state index contributed by atoms with van der Waals surface area (Å²) in [5, 5.41) is 9.49. The number of phosphoric ester groups is 1. The van der Waals surface area contributed by atoms with Crippen molar-refractivity contribution in [3.8, 4) is 11.5 Å². The highest BCUT2D eigenvalue weighted by Gasteiger charge is 2.55. The SMILES string of the molecule is Nc1ncnc2c1ncn2[C@@H]1O[C@@H]2COP(=O)(O)O[C@@H]3[C@H](F)[C@@H](COP(=O)(SCc4ccc(OC(=O)c5ccc(O)cc5)cc4)O[C@H]2[C@H]1F)O[C@H]3n1ccc(=O)[nH]c1=O. The number of aromatic amines is 1. The number of halogens is 2. The van der Waals surface area contributed by atoms with E-state index in [0.29, 0.717) is 21.5 Å². The Labute approximate surface area is 333 Å². The van der Waals surface area contributed by atoms with Crippen LogP contribution in [0.2, 0.25) is 0 Å². The number of anilines is 1. The molecule has 0 saturated carbocycles. The average Bonchev–Trinajstić information content (AvgIpc) is 3.86. The lowest BCUT2D eigenvalue weighted by molar-refractivity contribution is -0.0652. The van der Waals surface area contributed by atoms with E-state index in [4.69, 9.17) is 38.0 Å². The number of aromatic hydroxyl groups is 1. The van der Waals surface area contributed by atoms with Crippen LogP contribution in [0.25, 0.3) is 11.2 Å². The number of alkyl halides is 2. The van der Waals surface area contributed by atoms with Crippen LogP contribution in [-0.2, 0) is 42.5 Å². The van der Waals surface area contributed by atoms with Gasteiger partial charge in [-0.1, -0.05) is 12.1 Å². The van der Waals surface area contributed by atoms with Crippen LogP contribution in [0.5, 0.6) is 11.5 Å². The molecule has 312 valence electrons. The number of nitrogens with two attached hydrogens (primary N) is 1.